The van der Waals surface area contributed by atoms with Gasteiger partial charge in [-0.2, -0.15) is 5.26 Å². The average Bonchev–Trinajstić information content (AvgIpc) is 2.03. The first-order valence-corrected chi connectivity index (χ1v) is 4.29. The number of aromatic hydroxyl groups is 1. The summed E-state index contributed by atoms with van der Waals surface area (Å²) >= 11 is 3.12. The van der Waals surface area contributed by atoms with Gasteiger partial charge < -0.3 is 5.11 Å². The summed E-state index contributed by atoms with van der Waals surface area (Å²) in [5, 5.41) is 17.8. The van der Waals surface area contributed by atoms with Gasteiger partial charge in [0, 0.05) is 10.0 Å². The molecule has 0 radical (unpaired) electrons. The molecule has 4 heteroatoms. The smallest absolute Gasteiger partial charge is 0.160 e. The summed E-state index contributed by atoms with van der Waals surface area (Å²) < 4.78 is 0.497. The van der Waals surface area contributed by atoms with Gasteiger partial charge in [-0.3, -0.25) is 4.79 Å². The zero-order valence-electron chi connectivity index (χ0n) is 6.84. The number of ketones is 1. The lowest BCUT2D eigenvalue weighted by Crippen LogP contribution is -1.94. The third-order valence-electron chi connectivity index (χ3n) is 1.59. The van der Waals surface area contributed by atoms with E-state index in [4.69, 9.17) is 5.26 Å². The van der Waals surface area contributed by atoms with Crippen molar-refractivity contribution in [2.75, 3.05) is 0 Å². The Morgan fingerprint density at radius 3 is 2.69 bits per heavy atom. The lowest BCUT2D eigenvalue weighted by Gasteiger charge is -2.02. The van der Waals surface area contributed by atoms with E-state index < -0.39 is 0 Å². The largest absolute Gasteiger partial charge is 0.507 e. The maximum Gasteiger partial charge on any atom is 0.160 e. The van der Waals surface area contributed by atoms with Crippen LogP contribution in [0.1, 0.15) is 22.8 Å². The fraction of sp³-hybridized carbons (Fsp3) is 0.111. The number of carbonyl (C=O) groups is 1. The fourth-order valence-corrected chi connectivity index (χ4v) is 1.53. The van der Waals surface area contributed by atoms with Crippen molar-refractivity contribution >= 4 is 21.7 Å². The Hall–Kier alpha value is -1.34. The number of benzene rings is 1. The molecule has 0 aliphatic heterocycles. The standard InChI is InChI=1S/C9H6BrNO2/c1-5(12)7-2-6(4-11)9(13)3-8(7)10/h2-3,13H,1H3. The molecule has 1 rings (SSSR count). The van der Waals surface area contributed by atoms with Gasteiger partial charge in [0.05, 0.1) is 5.56 Å². The third kappa shape index (κ3) is 1.87. The lowest BCUT2D eigenvalue weighted by atomic mass is 10.1. The molecule has 0 heterocycles. The second kappa shape index (κ2) is 3.58. The van der Waals surface area contributed by atoms with Crippen molar-refractivity contribution in [3.05, 3.63) is 27.7 Å². The second-order valence-electron chi connectivity index (χ2n) is 2.52. The van der Waals surface area contributed by atoms with Crippen LogP contribution in [-0.4, -0.2) is 10.9 Å². The topological polar surface area (TPSA) is 61.1 Å². The van der Waals surface area contributed by atoms with Gasteiger partial charge in [-0.15, -0.1) is 0 Å². The number of phenolic OH excluding ortho intramolecular Hbond substituents is 1. The number of nitriles is 1. The first-order valence-electron chi connectivity index (χ1n) is 3.50. The SMILES string of the molecule is CC(=O)c1cc(C#N)c(O)cc1Br. The molecular weight excluding hydrogens is 234 g/mol. The molecule has 66 valence electrons. The van der Waals surface area contributed by atoms with Crippen LogP contribution in [0.25, 0.3) is 0 Å². The minimum absolute atomic E-state index is 0.105. The predicted molar refractivity (Wildman–Crippen MR) is 50.5 cm³/mol. The molecule has 0 atom stereocenters. The highest BCUT2D eigenvalue weighted by Crippen LogP contribution is 2.26. The van der Waals surface area contributed by atoms with E-state index in [-0.39, 0.29) is 17.1 Å². The van der Waals surface area contributed by atoms with E-state index in [0.717, 1.165) is 0 Å². The van der Waals surface area contributed by atoms with E-state index in [0.29, 0.717) is 10.0 Å². The Bertz CT molecular complexity index is 407. The number of rotatable bonds is 1. The van der Waals surface area contributed by atoms with Gasteiger partial charge in [0.25, 0.3) is 0 Å². The van der Waals surface area contributed by atoms with Crippen LogP contribution in [0.15, 0.2) is 16.6 Å². The summed E-state index contributed by atoms with van der Waals surface area (Å²) in [6.45, 7) is 1.40. The molecular formula is C9H6BrNO2. The van der Waals surface area contributed by atoms with Gasteiger partial charge in [0.15, 0.2) is 5.78 Å². The van der Waals surface area contributed by atoms with E-state index >= 15 is 0 Å². The highest BCUT2D eigenvalue weighted by molar-refractivity contribution is 9.10. The van der Waals surface area contributed by atoms with Crippen LogP contribution >= 0.6 is 15.9 Å². The summed E-state index contributed by atoms with van der Waals surface area (Å²) in [6.07, 6.45) is 0. The van der Waals surface area contributed by atoms with E-state index in [9.17, 15) is 9.90 Å². The van der Waals surface area contributed by atoms with Crippen molar-refractivity contribution in [3.8, 4) is 11.8 Å². The van der Waals surface area contributed by atoms with E-state index in [1.807, 2.05) is 0 Å². The molecule has 1 aromatic carbocycles. The first kappa shape index (κ1) is 9.75. The number of Topliss-reactive ketones (excluding diaryl/α,β-unsaturated/α-hetero) is 1. The fourth-order valence-electron chi connectivity index (χ4n) is 0.922. The molecule has 0 spiro atoms. The molecule has 0 saturated heterocycles. The van der Waals surface area contributed by atoms with Crippen LogP contribution in [0.4, 0.5) is 0 Å². The van der Waals surface area contributed by atoms with E-state index in [1.54, 1.807) is 6.07 Å². The molecule has 0 bridgehead atoms. The monoisotopic (exact) mass is 239 g/mol. The van der Waals surface area contributed by atoms with Crippen LogP contribution in [0, 0.1) is 11.3 Å². The first-order chi connectivity index (χ1) is 6.06. The molecule has 3 nitrogen and oxygen atoms in total. The zero-order valence-corrected chi connectivity index (χ0v) is 8.42. The van der Waals surface area contributed by atoms with Gasteiger partial charge >= 0.3 is 0 Å². The molecule has 0 amide bonds. The van der Waals surface area contributed by atoms with E-state index in [1.165, 1.54) is 19.1 Å². The molecule has 13 heavy (non-hydrogen) atoms. The normalized spacial score (nSPS) is 9.31. The molecule has 0 aliphatic rings. The number of carbonyl (C=O) groups excluding carboxylic acids is 1. The average molecular weight is 240 g/mol. The zero-order chi connectivity index (χ0) is 10.0. The Morgan fingerprint density at radius 2 is 2.23 bits per heavy atom. The van der Waals surface area contributed by atoms with Gasteiger partial charge in [-0.25, -0.2) is 0 Å². The lowest BCUT2D eigenvalue weighted by molar-refractivity contribution is 0.101. The minimum atomic E-state index is -0.150. The summed E-state index contributed by atoms with van der Waals surface area (Å²) in [5.74, 6) is -0.275. The van der Waals surface area contributed by atoms with Crippen LogP contribution in [0.2, 0.25) is 0 Å². The second-order valence-corrected chi connectivity index (χ2v) is 3.37. The Kier molecular flexibility index (Phi) is 2.69. The van der Waals surface area contributed by atoms with Gasteiger partial charge in [0.2, 0.25) is 0 Å². The van der Waals surface area contributed by atoms with Crippen molar-refractivity contribution in [1.29, 1.82) is 5.26 Å². The Morgan fingerprint density at radius 1 is 1.62 bits per heavy atom. The van der Waals surface area contributed by atoms with Crippen LogP contribution in [-0.2, 0) is 0 Å². The van der Waals surface area contributed by atoms with E-state index in [2.05, 4.69) is 15.9 Å². The molecule has 0 saturated carbocycles. The molecule has 1 aromatic rings. The Balaban J connectivity index is 3.41. The molecule has 0 fully saturated rings. The van der Waals surface area contributed by atoms with Crippen molar-refractivity contribution < 1.29 is 9.90 Å². The molecule has 0 unspecified atom stereocenters. The van der Waals surface area contributed by atoms with Crippen molar-refractivity contribution in [2.24, 2.45) is 0 Å². The molecule has 0 aromatic heterocycles. The maximum absolute atomic E-state index is 11.0. The van der Waals surface area contributed by atoms with Crippen LogP contribution in [0.3, 0.4) is 0 Å². The summed E-state index contributed by atoms with van der Waals surface area (Å²) in [4.78, 5) is 11.0. The van der Waals surface area contributed by atoms with Crippen molar-refractivity contribution in [1.82, 2.24) is 0 Å². The summed E-state index contributed by atoms with van der Waals surface area (Å²) in [7, 11) is 0. The summed E-state index contributed by atoms with van der Waals surface area (Å²) in [5.41, 5.74) is 0.503. The van der Waals surface area contributed by atoms with Gasteiger partial charge in [-0.1, -0.05) is 0 Å². The van der Waals surface area contributed by atoms with Crippen LogP contribution in [0.5, 0.6) is 5.75 Å². The number of halogens is 1. The van der Waals surface area contributed by atoms with Crippen molar-refractivity contribution in [2.45, 2.75) is 6.92 Å². The number of hydrogen-bond acceptors (Lipinski definition) is 3. The highest BCUT2D eigenvalue weighted by Gasteiger charge is 2.10. The summed E-state index contributed by atoms with van der Waals surface area (Å²) in [6, 6.07) is 4.50. The number of phenols is 1. The molecule has 0 aliphatic carbocycles. The van der Waals surface area contributed by atoms with Gasteiger partial charge in [-0.05, 0) is 35.0 Å². The number of nitrogens with zero attached hydrogens (tertiary/aromatic N) is 1. The highest BCUT2D eigenvalue weighted by atomic mass is 79.9. The minimum Gasteiger partial charge on any atom is -0.507 e. The Labute approximate surface area is 83.7 Å². The predicted octanol–water partition coefficient (Wildman–Crippen LogP) is 2.23. The number of hydrogen-bond donors (Lipinski definition) is 1. The van der Waals surface area contributed by atoms with Crippen molar-refractivity contribution in [3.63, 3.8) is 0 Å². The quantitative estimate of drug-likeness (QED) is 0.765. The van der Waals surface area contributed by atoms with Crippen LogP contribution < -0.4 is 0 Å². The van der Waals surface area contributed by atoms with Gasteiger partial charge in [0.1, 0.15) is 11.8 Å². The molecule has 1 N–H and O–H groups in total. The third-order valence-corrected chi connectivity index (χ3v) is 2.24. The maximum atomic E-state index is 11.0.